The molecule has 1 aliphatic rings. The van der Waals surface area contributed by atoms with Crippen molar-refractivity contribution in [1.29, 1.82) is 0 Å². The van der Waals surface area contributed by atoms with Crippen molar-refractivity contribution in [3.05, 3.63) is 42.0 Å². The maximum atomic E-state index is 12.4. The van der Waals surface area contributed by atoms with E-state index in [1.807, 2.05) is 50.1 Å². The number of benzene rings is 2. The van der Waals surface area contributed by atoms with Gasteiger partial charge < -0.3 is 10.1 Å². The van der Waals surface area contributed by atoms with Gasteiger partial charge in [0.05, 0.1) is 24.2 Å². The van der Waals surface area contributed by atoms with Crippen LogP contribution in [-0.4, -0.2) is 56.5 Å². The monoisotopic (exact) mass is 404 g/mol. The van der Waals surface area contributed by atoms with Crippen molar-refractivity contribution in [2.75, 3.05) is 25.1 Å². The van der Waals surface area contributed by atoms with Crippen molar-refractivity contribution in [2.45, 2.75) is 39.0 Å². The molecule has 2 aromatic carbocycles. The van der Waals surface area contributed by atoms with Crippen LogP contribution in [0, 0.1) is 0 Å². The molecule has 1 atom stereocenters. The molecular weight excluding hydrogens is 376 g/mol. The lowest BCUT2D eigenvalue weighted by molar-refractivity contribution is -0.122. The van der Waals surface area contributed by atoms with Crippen LogP contribution in [0.15, 0.2) is 36.4 Å². The molecule has 1 amide bonds. The molecule has 0 aromatic heterocycles. The van der Waals surface area contributed by atoms with E-state index in [0.29, 0.717) is 13.0 Å². The zero-order valence-electron chi connectivity index (χ0n) is 16.6. The van der Waals surface area contributed by atoms with E-state index < -0.39 is 9.84 Å². The maximum Gasteiger partial charge on any atom is 0.234 e. The lowest BCUT2D eigenvalue weighted by Crippen LogP contribution is -2.41. The first-order valence-corrected chi connectivity index (χ1v) is 11.4. The van der Waals surface area contributed by atoms with Gasteiger partial charge in [-0.1, -0.05) is 30.3 Å². The number of nitrogens with one attached hydrogen (secondary N) is 1. The molecule has 6 nitrogen and oxygen atoms in total. The van der Waals surface area contributed by atoms with Crippen molar-refractivity contribution >= 4 is 26.5 Å². The Labute approximate surface area is 166 Å². The van der Waals surface area contributed by atoms with Crippen LogP contribution >= 0.6 is 0 Å². The van der Waals surface area contributed by atoms with E-state index in [0.717, 1.165) is 22.1 Å². The Balaban J connectivity index is 1.71. The van der Waals surface area contributed by atoms with E-state index in [4.69, 9.17) is 4.74 Å². The fourth-order valence-corrected chi connectivity index (χ4v) is 5.27. The highest BCUT2D eigenvalue weighted by Crippen LogP contribution is 2.30. The minimum absolute atomic E-state index is 0.0398. The minimum Gasteiger partial charge on any atom is -0.491 e. The van der Waals surface area contributed by atoms with Crippen LogP contribution in [0.4, 0.5) is 0 Å². The highest BCUT2D eigenvalue weighted by molar-refractivity contribution is 7.91. The van der Waals surface area contributed by atoms with E-state index >= 15 is 0 Å². The van der Waals surface area contributed by atoms with Crippen molar-refractivity contribution in [2.24, 2.45) is 0 Å². The smallest absolute Gasteiger partial charge is 0.234 e. The van der Waals surface area contributed by atoms with Crippen molar-refractivity contribution in [3.63, 3.8) is 0 Å². The number of hydrogen-bond acceptors (Lipinski definition) is 5. The highest BCUT2D eigenvalue weighted by atomic mass is 32.2. The summed E-state index contributed by atoms with van der Waals surface area (Å²) in [5, 5.41) is 5.08. The van der Waals surface area contributed by atoms with Crippen molar-refractivity contribution in [1.82, 2.24) is 10.2 Å². The van der Waals surface area contributed by atoms with Gasteiger partial charge in [0.25, 0.3) is 0 Å². The van der Waals surface area contributed by atoms with Gasteiger partial charge in [-0.25, -0.2) is 8.42 Å². The third-order valence-electron chi connectivity index (χ3n) is 4.80. The second kappa shape index (κ2) is 8.49. The molecule has 0 radical (unpaired) electrons. The van der Waals surface area contributed by atoms with Gasteiger partial charge in [0.1, 0.15) is 5.75 Å². The number of carbonyl (C=O) groups excluding carboxylic acids is 1. The molecule has 3 rings (SSSR count). The number of likely N-dealkylation sites (N-methyl/N-ethyl adjacent to an activating group) is 1. The summed E-state index contributed by atoms with van der Waals surface area (Å²) in [5.41, 5.74) is 1.05. The Kier molecular flexibility index (Phi) is 6.25. The van der Waals surface area contributed by atoms with Gasteiger partial charge in [0.15, 0.2) is 9.84 Å². The van der Waals surface area contributed by atoms with E-state index in [1.165, 1.54) is 0 Å². The van der Waals surface area contributed by atoms with Crippen LogP contribution < -0.4 is 10.1 Å². The van der Waals surface area contributed by atoms with Gasteiger partial charge in [-0.05, 0) is 44.2 Å². The number of carbonyl (C=O) groups is 1. The molecule has 1 unspecified atom stereocenters. The normalized spacial score (nSPS) is 18.7. The lowest BCUT2D eigenvalue weighted by atomic mass is 10.0. The van der Waals surface area contributed by atoms with Crippen molar-refractivity contribution < 1.29 is 17.9 Å². The molecule has 28 heavy (non-hydrogen) atoms. The van der Waals surface area contributed by atoms with Gasteiger partial charge in [0, 0.05) is 18.2 Å². The zero-order valence-corrected chi connectivity index (χ0v) is 17.5. The van der Waals surface area contributed by atoms with Crippen LogP contribution in [0.25, 0.3) is 10.8 Å². The minimum atomic E-state index is -3.00. The first-order chi connectivity index (χ1) is 13.2. The topological polar surface area (TPSA) is 75.7 Å². The molecule has 2 aromatic rings. The number of fused-ring (bicyclic) bond motifs is 1. The van der Waals surface area contributed by atoms with E-state index in [2.05, 4.69) is 17.4 Å². The van der Waals surface area contributed by atoms with Gasteiger partial charge in [0.2, 0.25) is 5.91 Å². The Morgan fingerprint density at radius 1 is 1.25 bits per heavy atom. The molecule has 7 heteroatoms. The summed E-state index contributed by atoms with van der Waals surface area (Å²) >= 11 is 0. The number of rotatable bonds is 7. The second-order valence-corrected chi connectivity index (χ2v) is 10.00. The summed E-state index contributed by atoms with van der Waals surface area (Å²) in [6.45, 7) is 4.73. The standard InChI is InChI=1S/C21H28N2O4S/c1-15(2)27-20-9-8-16-6-4-5-7-18(16)19(20)12-23(3)13-21(24)22-17-10-11-28(25,26)14-17/h4-9,15,17H,10-14H2,1-3H3,(H,22,24). The number of sulfone groups is 1. The zero-order chi connectivity index (χ0) is 20.3. The van der Waals surface area contributed by atoms with Gasteiger partial charge in [-0.15, -0.1) is 0 Å². The Morgan fingerprint density at radius 3 is 2.68 bits per heavy atom. The van der Waals surface area contributed by atoms with Crippen LogP contribution in [0.3, 0.4) is 0 Å². The molecule has 0 saturated carbocycles. The Bertz CT molecular complexity index is 956. The van der Waals surface area contributed by atoms with Gasteiger partial charge >= 0.3 is 0 Å². The highest BCUT2D eigenvalue weighted by Gasteiger charge is 2.29. The predicted octanol–water partition coefficient (Wildman–Crippen LogP) is 2.36. The molecule has 152 valence electrons. The summed E-state index contributed by atoms with van der Waals surface area (Å²) in [5.74, 6) is 0.858. The Morgan fingerprint density at radius 2 is 2.00 bits per heavy atom. The van der Waals surface area contributed by atoms with Crippen LogP contribution in [0.2, 0.25) is 0 Å². The number of amides is 1. The van der Waals surface area contributed by atoms with E-state index in [9.17, 15) is 13.2 Å². The fourth-order valence-electron chi connectivity index (χ4n) is 3.60. The predicted molar refractivity (Wildman–Crippen MR) is 111 cm³/mol. The third-order valence-corrected chi connectivity index (χ3v) is 6.57. The number of ether oxygens (including phenoxy) is 1. The first kappa shape index (κ1) is 20.6. The average Bonchev–Trinajstić information content (AvgIpc) is 2.94. The first-order valence-electron chi connectivity index (χ1n) is 9.59. The summed E-state index contributed by atoms with van der Waals surface area (Å²) in [6, 6.07) is 11.9. The second-order valence-electron chi connectivity index (χ2n) is 7.77. The summed E-state index contributed by atoms with van der Waals surface area (Å²) in [4.78, 5) is 14.3. The van der Waals surface area contributed by atoms with Crippen LogP contribution in [0.1, 0.15) is 25.8 Å². The largest absolute Gasteiger partial charge is 0.491 e. The van der Waals surface area contributed by atoms with Gasteiger partial charge in [-0.3, -0.25) is 9.69 Å². The molecule has 1 heterocycles. The third kappa shape index (κ3) is 5.23. The molecule has 1 N–H and O–H groups in total. The molecule has 1 aliphatic heterocycles. The van der Waals surface area contributed by atoms with Crippen molar-refractivity contribution in [3.8, 4) is 5.75 Å². The van der Waals surface area contributed by atoms with Crippen LogP contribution in [-0.2, 0) is 21.2 Å². The van der Waals surface area contributed by atoms with Gasteiger partial charge in [-0.2, -0.15) is 0 Å². The molecule has 0 aliphatic carbocycles. The molecule has 1 fully saturated rings. The quantitative estimate of drug-likeness (QED) is 0.767. The molecular formula is C21H28N2O4S. The summed E-state index contributed by atoms with van der Waals surface area (Å²) in [7, 11) is -1.12. The van der Waals surface area contributed by atoms with Crippen LogP contribution in [0.5, 0.6) is 5.75 Å². The maximum absolute atomic E-state index is 12.4. The number of hydrogen-bond donors (Lipinski definition) is 1. The SMILES string of the molecule is CC(C)Oc1ccc2ccccc2c1CN(C)CC(=O)NC1CCS(=O)(=O)C1. The van der Waals surface area contributed by atoms with E-state index in [1.54, 1.807) is 0 Å². The lowest BCUT2D eigenvalue weighted by Gasteiger charge is -2.22. The molecule has 0 spiro atoms. The summed E-state index contributed by atoms with van der Waals surface area (Å²) < 4.78 is 29.1. The molecule has 1 saturated heterocycles. The van der Waals surface area contributed by atoms with E-state index in [-0.39, 0.29) is 36.1 Å². The average molecular weight is 405 g/mol. The number of nitrogens with zero attached hydrogens (tertiary/aromatic N) is 1. The summed E-state index contributed by atoms with van der Waals surface area (Å²) in [6.07, 6.45) is 0.547. The fraction of sp³-hybridized carbons (Fsp3) is 0.476. The Hall–Kier alpha value is -2.12. The molecule has 0 bridgehead atoms.